The van der Waals surface area contributed by atoms with E-state index in [2.05, 4.69) is 15.5 Å². The third-order valence-electron chi connectivity index (χ3n) is 4.78. The molecule has 1 unspecified atom stereocenters. The number of hydrogen-bond acceptors (Lipinski definition) is 3. The first-order valence-corrected chi connectivity index (χ1v) is 12.2. The van der Waals surface area contributed by atoms with Crippen LogP contribution in [-0.4, -0.2) is 42.5 Å². The van der Waals surface area contributed by atoms with Crippen LogP contribution in [0.2, 0.25) is 0 Å². The molecule has 0 aliphatic heterocycles. The molecule has 0 spiro atoms. The number of nitrogens with zero attached hydrogens (tertiary/aromatic N) is 1. The van der Waals surface area contributed by atoms with Gasteiger partial charge in [-0.1, -0.05) is 12.1 Å². The summed E-state index contributed by atoms with van der Waals surface area (Å²) in [6.45, 7) is 8.95. The van der Waals surface area contributed by atoms with Gasteiger partial charge in [0.15, 0.2) is 0 Å². The van der Waals surface area contributed by atoms with Crippen molar-refractivity contribution in [1.29, 1.82) is 0 Å². The Kier molecular flexibility index (Phi) is 9.46. The van der Waals surface area contributed by atoms with Crippen LogP contribution in [-0.2, 0) is 5.67 Å². The quantitative estimate of drug-likeness (QED) is 0.198. The Morgan fingerprint density at radius 3 is 2.34 bits per heavy atom. The summed E-state index contributed by atoms with van der Waals surface area (Å²) >= 11 is 3.37. The van der Waals surface area contributed by atoms with Gasteiger partial charge in [-0.25, -0.2) is 18.0 Å². The van der Waals surface area contributed by atoms with Crippen molar-refractivity contribution in [2.45, 2.75) is 31.2 Å². The summed E-state index contributed by atoms with van der Waals surface area (Å²) in [5.74, 6) is -0.795. The molecule has 0 saturated carbocycles. The maximum absolute atomic E-state index is 14.4. The zero-order chi connectivity index (χ0) is 26.6. The van der Waals surface area contributed by atoms with Crippen LogP contribution in [0.3, 0.4) is 0 Å². The minimum absolute atomic E-state index is 0.0390. The smallest absolute Gasteiger partial charge is 0.349 e. The molecule has 0 saturated heterocycles. The first kappa shape index (κ1) is 28.8. The van der Waals surface area contributed by atoms with E-state index in [4.69, 9.17) is 6.57 Å². The lowest BCUT2D eigenvalue weighted by atomic mass is 9.94. The first-order chi connectivity index (χ1) is 16.3. The van der Waals surface area contributed by atoms with Crippen LogP contribution >= 0.6 is 34.4 Å². The molecule has 0 bridgehead atoms. The van der Waals surface area contributed by atoms with Gasteiger partial charge in [0.25, 0.3) is 23.9 Å². The Labute approximate surface area is 215 Å². The SMILES string of the molecule is [C-]#[N+]c1cc(C(F)(C(F)F)C(F)(F)F)ccc1NC(=O)c1cccc(I)c1C(=O)N[C@@H](C)CSC. The van der Waals surface area contributed by atoms with Gasteiger partial charge in [-0.15, -0.1) is 0 Å². The fourth-order valence-electron chi connectivity index (χ4n) is 3.09. The molecule has 188 valence electrons. The third kappa shape index (κ3) is 6.21. The molecule has 35 heavy (non-hydrogen) atoms. The Bertz CT molecular complexity index is 1150. The number of carbonyl (C=O) groups is 2. The van der Waals surface area contributed by atoms with E-state index in [1.54, 1.807) is 13.0 Å². The van der Waals surface area contributed by atoms with Crippen molar-refractivity contribution in [3.05, 3.63) is 68.1 Å². The number of hydrogen-bond donors (Lipinski definition) is 2. The summed E-state index contributed by atoms with van der Waals surface area (Å²) in [5, 5.41) is 5.05. The summed E-state index contributed by atoms with van der Waals surface area (Å²) in [6, 6.07) is 5.69. The minimum Gasteiger partial charge on any atom is -0.349 e. The second-order valence-corrected chi connectivity index (χ2v) is 9.37. The molecule has 0 aromatic heterocycles. The minimum atomic E-state index is -5.94. The number of thioether (sulfide) groups is 1. The van der Waals surface area contributed by atoms with Gasteiger partial charge in [0.05, 0.1) is 17.7 Å². The average molecular weight is 629 g/mol. The lowest BCUT2D eigenvalue weighted by Gasteiger charge is -2.28. The van der Waals surface area contributed by atoms with Gasteiger partial charge >= 0.3 is 6.18 Å². The normalized spacial score (nSPS) is 14.1. The molecule has 2 atom stereocenters. The van der Waals surface area contributed by atoms with E-state index < -0.39 is 41.3 Å². The van der Waals surface area contributed by atoms with E-state index in [-0.39, 0.29) is 22.9 Å². The fraction of sp³-hybridized carbons (Fsp3) is 0.318. The third-order valence-corrected chi connectivity index (χ3v) is 6.51. The molecule has 2 aromatic rings. The van der Waals surface area contributed by atoms with E-state index >= 15 is 0 Å². The van der Waals surface area contributed by atoms with Crippen molar-refractivity contribution < 1.29 is 35.9 Å². The van der Waals surface area contributed by atoms with Gasteiger partial charge in [-0.3, -0.25) is 9.59 Å². The summed E-state index contributed by atoms with van der Waals surface area (Å²) in [7, 11) is 0. The lowest BCUT2D eigenvalue weighted by molar-refractivity contribution is -0.274. The van der Waals surface area contributed by atoms with Crippen LogP contribution in [0, 0.1) is 10.1 Å². The predicted molar refractivity (Wildman–Crippen MR) is 130 cm³/mol. The van der Waals surface area contributed by atoms with Crippen LogP contribution in [0.1, 0.15) is 33.2 Å². The number of nitrogens with one attached hydrogen (secondary N) is 2. The second-order valence-electron chi connectivity index (χ2n) is 7.30. The molecule has 5 nitrogen and oxygen atoms in total. The summed E-state index contributed by atoms with van der Waals surface area (Å²) in [6.07, 6.45) is -8.53. The molecular formula is C22H18F6IN3O2S. The number of amides is 2. The predicted octanol–water partition coefficient (Wildman–Crippen LogP) is 6.57. The Morgan fingerprint density at radius 2 is 1.80 bits per heavy atom. The fourth-order valence-corrected chi connectivity index (χ4v) is 4.42. The van der Waals surface area contributed by atoms with Crippen molar-refractivity contribution >= 4 is 57.5 Å². The van der Waals surface area contributed by atoms with Crippen LogP contribution < -0.4 is 10.6 Å². The molecule has 0 heterocycles. The topological polar surface area (TPSA) is 62.6 Å². The van der Waals surface area contributed by atoms with Crippen LogP contribution in [0.5, 0.6) is 0 Å². The molecular weight excluding hydrogens is 611 g/mol. The number of anilines is 1. The molecule has 2 rings (SSSR count). The Morgan fingerprint density at radius 1 is 1.14 bits per heavy atom. The van der Waals surface area contributed by atoms with Gasteiger partial charge < -0.3 is 10.6 Å². The number of benzene rings is 2. The van der Waals surface area contributed by atoms with Crippen molar-refractivity contribution in [2.24, 2.45) is 0 Å². The van der Waals surface area contributed by atoms with E-state index in [1.807, 2.05) is 28.8 Å². The molecule has 0 aliphatic carbocycles. The summed E-state index contributed by atoms with van der Waals surface area (Å²) < 4.78 is 80.1. The van der Waals surface area contributed by atoms with Crippen molar-refractivity contribution in [3.8, 4) is 0 Å². The molecule has 0 fully saturated rings. The van der Waals surface area contributed by atoms with Gasteiger partial charge in [-0.05, 0) is 65.6 Å². The van der Waals surface area contributed by atoms with E-state index in [0.717, 1.165) is 6.07 Å². The van der Waals surface area contributed by atoms with Gasteiger partial charge in [0, 0.05) is 21.1 Å². The average Bonchev–Trinajstić information content (AvgIpc) is 2.77. The number of rotatable bonds is 8. The Hall–Kier alpha value is -2.47. The maximum Gasteiger partial charge on any atom is 0.432 e. The zero-order valence-electron chi connectivity index (χ0n) is 18.1. The van der Waals surface area contributed by atoms with Crippen LogP contribution in [0.4, 0.5) is 37.7 Å². The molecule has 2 aromatic carbocycles. The maximum atomic E-state index is 14.4. The van der Waals surface area contributed by atoms with Crippen molar-refractivity contribution in [2.75, 3.05) is 17.3 Å². The van der Waals surface area contributed by atoms with Crippen molar-refractivity contribution in [1.82, 2.24) is 5.32 Å². The lowest BCUT2D eigenvalue weighted by Crippen LogP contribution is -2.44. The molecule has 13 heteroatoms. The number of halogens is 7. The highest BCUT2D eigenvalue weighted by Gasteiger charge is 2.63. The highest BCUT2D eigenvalue weighted by atomic mass is 127. The van der Waals surface area contributed by atoms with E-state index in [0.29, 0.717) is 21.5 Å². The highest BCUT2D eigenvalue weighted by molar-refractivity contribution is 14.1. The second kappa shape index (κ2) is 11.5. The monoisotopic (exact) mass is 629 g/mol. The summed E-state index contributed by atoms with van der Waals surface area (Å²) in [5.41, 5.74) is -7.54. The van der Waals surface area contributed by atoms with Crippen LogP contribution in [0.25, 0.3) is 4.85 Å². The van der Waals surface area contributed by atoms with Gasteiger partial charge in [0.1, 0.15) is 0 Å². The number of alkyl halides is 6. The number of carbonyl (C=O) groups excluding carboxylic acids is 2. The highest BCUT2D eigenvalue weighted by Crippen LogP contribution is 2.48. The van der Waals surface area contributed by atoms with Gasteiger partial charge in [-0.2, -0.15) is 24.9 Å². The van der Waals surface area contributed by atoms with Gasteiger partial charge in [0.2, 0.25) is 5.69 Å². The molecule has 2 N–H and O–H groups in total. The largest absolute Gasteiger partial charge is 0.432 e. The zero-order valence-corrected chi connectivity index (χ0v) is 21.1. The van der Waals surface area contributed by atoms with E-state index in [9.17, 15) is 35.9 Å². The standard InChI is InChI=1S/C22H18F6IN3O2S/c1-11(10-35-3)31-19(34)17-13(5-4-6-14(17)29)18(33)32-15-8-7-12(9-16(15)30-2)21(25,20(23)24)22(26,27)28/h4-9,11,20H,10H2,1,3H3,(H,31,34)(H,32,33)/t11-,21?/m0/s1. The first-order valence-electron chi connectivity index (χ1n) is 9.73. The molecule has 2 amide bonds. The van der Waals surface area contributed by atoms with Crippen LogP contribution in [0.15, 0.2) is 36.4 Å². The molecule has 0 radical (unpaired) electrons. The van der Waals surface area contributed by atoms with Crippen molar-refractivity contribution in [3.63, 3.8) is 0 Å². The van der Waals surface area contributed by atoms with E-state index in [1.165, 1.54) is 23.9 Å². The summed E-state index contributed by atoms with van der Waals surface area (Å²) in [4.78, 5) is 28.7. The Balaban J connectivity index is 2.44. The molecule has 0 aliphatic rings.